The van der Waals surface area contributed by atoms with Gasteiger partial charge in [-0.25, -0.2) is 4.98 Å². The van der Waals surface area contributed by atoms with E-state index in [4.69, 9.17) is 9.47 Å². The van der Waals surface area contributed by atoms with Crippen molar-refractivity contribution in [1.82, 2.24) is 15.2 Å². The zero-order chi connectivity index (χ0) is 17.5. The van der Waals surface area contributed by atoms with Crippen LogP contribution in [0.5, 0.6) is 5.75 Å². The summed E-state index contributed by atoms with van der Waals surface area (Å²) < 4.78 is 11.0. The van der Waals surface area contributed by atoms with Gasteiger partial charge >= 0.3 is 0 Å². The van der Waals surface area contributed by atoms with Gasteiger partial charge < -0.3 is 14.8 Å². The van der Waals surface area contributed by atoms with Gasteiger partial charge in [-0.1, -0.05) is 18.2 Å². The Kier molecular flexibility index (Phi) is 6.38. The molecule has 2 aromatic rings. The number of hydrogen-bond acceptors (Lipinski definition) is 6. The summed E-state index contributed by atoms with van der Waals surface area (Å²) in [6.07, 6.45) is 0. The van der Waals surface area contributed by atoms with E-state index in [9.17, 15) is 4.79 Å². The molecule has 1 aliphatic rings. The SMILES string of the molecule is Cc1nc(COc2ccccc2)sc1C(=O)NCCN1CCOCC1. The average molecular weight is 361 g/mol. The number of nitrogens with one attached hydrogen (secondary N) is 1. The van der Waals surface area contributed by atoms with Crippen molar-refractivity contribution in [3.63, 3.8) is 0 Å². The zero-order valence-corrected chi connectivity index (χ0v) is 15.2. The van der Waals surface area contributed by atoms with E-state index in [0.29, 0.717) is 18.0 Å². The second kappa shape index (κ2) is 8.94. The predicted octanol–water partition coefficient (Wildman–Crippen LogP) is 2.09. The number of aromatic nitrogens is 1. The molecule has 0 bridgehead atoms. The lowest BCUT2D eigenvalue weighted by atomic mass is 10.3. The highest BCUT2D eigenvalue weighted by Gasteiger charge is 2.16. The highest BCUT2D eigenvalue weighted by atomic mass is 32.1. The Balaban J connectivity index is 1.48. The number of benzene rings is 1. The number of carbonyl (C=O) groups excluding carboxylic acids is 1. The lowest BCUT2D eigenvalue weighted by Gasteiger charge is -2.26. The molecular weight excluding hydrogens is 338 g/mol. The van der Waals surface area contributed by atoms with Gasteiger partial charge in [-0.05, 0) is 19.1 Å². The number of ether oxygens (including phenoxy) is 2. The monoisotopic (exact) mass is 361 g/mol. The maximum atomic E-state index is 12.4. The fourth-order valence-corrected chi connectivity index (χ4v) is 3.51. The van der Waals surface area contributed by atoms with Crippen LogP contribution < -0.4 is 10.1 Å². The molecule has 134 valence electrons. The summed E-state index contributed by atoms with van der Waals surface area (Å²) in [6.45, 7) is 7.10. The highest BCUT2D eigenvalue weighted by Crippen LogP contribution is 2.20. The fraction of sp³-hybridized carbons (Fsp3) is 0.444. The van der Waals surface area contributed by atoms with Crippen molar-refractivity contribution in [2.75, 3.05) is 39.4 Å². The number of morpholine rings is 1. The second-order valence-corrected chi connectivity index (χ2v) is 6.92. The lowest BCUT2D eigenvalue weighted by molar-refractivity contribution is 0.0383. The molecule has 6 nitrogen and oxygen atoms in total. The van der Waals surface area contributed by atoms with Crippen LogP contribution in [0.25, 0.3) is 0 Å². The molecule has 1 aromatic heterocycles. The number of rotatable bonds is 7. The van der Waals surface area contributed by atoms with Gasteiger partial charge in [0.1, 0.15) is 22.2 Å². The molecule has 1 amide bonds. The Morgan fingerprint density at radius 1 is 1.32 bits per heavy atom. The van der Waals surface area contributed by atoms with Crippen LogP contribution in [-0.4, -0.2) is 55.2 Å². The van der Waals surface area contributed by atoms with E-state index in [0.717, 1.165) is 49.3 Å². The smallest absolute Gasteiger partial charge is 0.263 e. The van der Waals surface area contributed by atoms with Gasteiger partial charge in [0.15, 0.2) is 0 Å². The molecule has 2 heterocycles. The van der Waals surface area contributed by atoms with Crippen molar-refractivity contribution < 1.29 is 14.3 Å². The third-order valence-electron chi connectivity index (χ3n) is 3.97. The van der Waals surface area contributed by atoms with Crippen molar-refractivity contribution >= 4 is 17.2 Å². The molecular formula is C18H23N3O3S. The lowest BCUT2D eigenvalue weighted by Crippen LogP contribution is -2.41. The number of para-hydroxylation sites is 1. The van der Waals surface area contributed by atoms with Crippen LogP contribution in [0, 0.1) is 6.92 Å². The second-order valence-electron chi connectivity index (χ2n) is 5.83. The molecule has 1 saturated heterocycles. The maximum absolute atomic E-state index is 12.4. The van der Waals surface area contributed by atoms with E-state index in [1.165, 1.54) is 11.3 Å². The van der Waals surface area contributed by atoms with Crippen LogP contribution in [-0.2, 0) is 11.3 Å². The summed E-state index contributed by atoms with van der Waals surface area (Å²) in [5.74, 6) is 0.737. The van der Waals surface area contributed by atoms with Crippen molar-refractivity contribution in [2.24, 2.45) is 0 Å². The summed E-state index contributed by atoms with van der Waals surface area (Å²) in [5, 5.41) is 3.79. The molecule has 7 heteroatoms. The Hall–Kier alpha value is -1.96. The molecule has 0 atom stereocenters. The number of aryl methyl sites for hydroxylation is 1. The Morgan fingerprint density at radius 2 is 2.08 bits per heavy atom. The van der Waals surface area contributed by atoms with E-state index in [1.54, 1.807) is 0 Å². The number of thiazole rings is 1. The molecule has 25 heavy (non-hydrogen) atoms. The molecule has 0 aliphatic carbocycles. The summed E-state index contributed by atoms with van der Waals surface area (Å²) >= 11 is 1.39. The van der Waals surface area contributed by atoms with Gasteiger partial charge in [0, 0.05) is 26.2 Å². The van der Waals surface area contributed by atoms with Crippen molar-refractivity contribution in [1.29, 1.82) is 0 Å². The molecule has 0 spiro atoms. The first-order valence-corrected chi connectivity index (χ1v) is 9.26. The largest absolute Gasteiger partial charge is 0.486 e. The third kappa shape index (κ3) is 5.26. The highest BCUT2D eigenvalue weighted by molar-refractivity contribution is 7.13. The first-order valence-electron chi connectivity index (χ1n) is 8.45. The quantitative estimate of drug-likeness (QED) is 0.818. The molecule has 3 rings (SSSR count). The number of carbonyl (C=O) groups is 1. The number of hydrogen-bond donors (Lipinski definition) is 1. The molecule has 1 aliphatic heterocycles. The molecule has 0 radical (unpaired) electrons. The molecule has 1 N–H and O–H groups in total. The van der Waals surface area contributed by atoms with Crippen LogP contribution in [0.15, 0.2) is 30.3 Å². The van der Waals surface area contributed by atoms with E-state index >= 15 is 0 Å². The van der Waals surface area contributed by atoms with Gasteiger partial charge in [0.05, 0.1) is 18.9 Å². The molecule has 1 aromatic carbocycles. The van der Waals surface area contributed by atoms with E-state index in [-0.39, 0.29) is 5.91 Å². The minimum Gasteiger partial charge on any atom is -0.486 e. The molecule has 1 fully saturated rings. The minimum atomic E-state index is -0.0609. The van der Waals surface area contributed by atoms with Crippen LogP contribution >= 0.6 is 11.3 Å². The summed E-state index contributed by atoms with van der Waals surface area (Å²) in [4.78, 5) is 19.8. The van der Waals surface area contributed by atoms with Crippen molar-refractivity contribution in [3.05, 3.63) is 45.9 Å². The van der Waals surface area contributed by atoms with Crippen molar-refractivity contribution in [2.45, 2.75) is 13.5 Å². The predicted molar refractivity (Wildman–Crippen MR) is 97.2 cm³/mol. The Morgan fingerprint density at radius 3 is 2.84 bits per heavy atom. The summed E-state index contributed by atoms with van der Waals surface area (Å²) in [7, 11) is 0. The average Bonchev–Trinajstić information content (AvgIpc) is 3.02. The van der Waals surface area contributed by atoms with Gasteiger partial charge in [-0.2, -0.15) is 0 Å². The third-order valence-corrected chi connectivity index (χ3v) is 5.10. The van der Waals surface area contributed by atoms with Gasteiger partial charge in [0.25, 0.3) is 5.91 Å². The van der Waals surface area contributed by atoms with E-state index < -0.39 is 0 Å². The fourth-order valence-electron chi connectivity index (χ4n) is 2.62. The van der Waals surface area contributed by atoms with Crippen LogP contribution in [0.3, 0.4) is 0 Å². The summed E-state index contributed by atoms with van der Waals surface area (Å²) in [5.41, 5.74) is 0.750. The van der Waals surface area contributed by atoms with Gasteiger partial charge in [0.2, 0.25) is 0 Å². The Bertz CT molecular complexity index is 684. The van der Waals surface area contributed by atoms with Crippen LogP contribution in [0.1, 0.15) is 20.4 Å². The van der Waals surface area contributed by atoms with Crippen LogP contribution in [0.4, 0.5) is 0 Å². The summed E-state index contributed by atoms with van der Waals surface area (Å²) in [6, 6.07) is 9.60. The van der Waals surface area contributed by atoms with E-state index in [1.807, 2.05) is 37.3 Å². The normalized spacial score (nSPS) is 15.1. The van der Waals surface area contributed by atoms with Crippen molar-refractivity contribution in [3.8, 4) is 5.75 Å². The van der Waals surface area contributed by atoms with E-state index in [2.05, 4.69) is 15.2 Å². The first-order chi connectivity index (χ1) is 12.2. The minimum absolute atomic E-state index is 0.0609. The molecule has 0 unspecified atom stereocenters. The van der Waals surface area contributed by atoms with Crippen LogP contribution in [0.2, 0.25) is 0 Å². The Labute approximate surface area is 151 Å². The standard InChI is InChI=1S/C18H23N3O3S/c1-14-17(18(22)19-7-8-21-9-11-23-12-10-21)25-16(20-14)13-24-15-5-3-2-4-6-15/h2-6H,7-13H2,1H3,(H,19,22). The number of amides is 1. The first kappa shape index (κ1) is 17.8. The topological polar surface area (TPSA) is 63.7 Å². The zero-order valence-electron chi connectivity index (χ0n) is 14.4. The maximum Gasteiger partial charge on any atom is 0.263 e. The van der Waals surface area contributed by atoms with Gasteiger partial charge in [-0.15, -0.1) is 11.3 Å². The molecule has 0 saturated carbocycles. The van der Waals surface area contributed by atoms with Gasteiger partial charge in [-0.3, -0.25) is 9.69 Å². The number of nitrogens with zero attached hydrogens (tertiary/aromatic N) is 2.